The number of aromatic nitrogens is 2. The SMILES string of the molecule is COc1cc(NC(=O)N2CCCC(Oc3cc(C)nc(C)n3)C2)cc(OC)c1OC. The van der Waals surface area contributed by atoms with Crippen LogP contribution >= 0.6 is 0 Å². The summed E-state index contributed by atoms with van der Waals surface area (Å²) in [5.74, 6) is 2.62. The van der Waals surface area contributed by atoms with Gasteiger partial charge in [-0.15, -0.1) is 0 Å². The third-order valence-corrected chi connectivity index (χ3v) is 4.81. The Labute approximate surface area is 176 Å². The van der Waals surface area contributed by atoms with Gasteiger partial charge < -0.3 is 29.2 Å². The van der Waals surface area contributed by atoms with Crippen LogP contribution in [0, 0.1) is 13.8 Å². The largest absolute Gasteiger partial charge is 0.493 e. The standard InChI is InChI=1S/C21H28N4O5/c1-13-9-19(23-14(2)22-13)30-16-7-6-8-25(12-16)21(26)24-15-10-17(27-3)20(29-5)18(11-15)28-4/h9-11,16H,6-8,12H2,1-5H3,(H,24,26). The van der Waals surface area contributed by atoms with E-state index in [-0.39, 0.29) is 12.1 Å². The molecule has 0 spiro atoms. The number of carbonyl (C=O) groups is 1. The molecule has 0 saturated carbocycles. The monoisotopic (exact) mass is 416 g/mol. The molecule has 0 bridgehead atoms. The number of aryl methyl sites for hydroxylation is 2. The number of nitrogens with one attached hydrogen (secondary N) is 1. The zero-order valence-corrected chi connectivity index (χ0v) is 18.0. The molecule has 2 amide bonds. The van der Waals surface area contributed by atoms with Crippen molar-refractivity contribution in [3.05, 3.63) is 29.7 Å². The topological polar surface area (TPSA) is 95.0 Å². The Balaban J connectivity index is 1.68. The van der Waals surface area contributed by atoms with Crippen molar-refractivity contribution in [3.8, 4) is 23.1 Å². The fraction of sp³-hybridized carbons (Fsp3) is 0.476. The number of rotatable bonds is 6. The third-order valence-electron chi connectivity index (χ3n) is 4.81. The second-order valence-electron chi connectivity index (χ2n) is 7.07. The minimum Gasteiger partial charge on any atom is -0.493 e. The summed E-state index contributed by atoms with van der Waals surface area (Å²) in [7, 11) is 4.60. The second-order valence-corrected chi connectivity index (χ2v) is 7.07. The minimum atomic E-state index is -0.215. The van der Waals surface area contributed by atoms with Crippen LogP contribution in [0.5, 0.6) is 23.1 Å². The average Bonchev–Trinajstić information content (AvgIpc) is 2.72. The lowest BCUT2D eigenvalue weighted by Gasteiger charge is -2.32. The Bertz CT molecular complexity index is 860. The fourth-order valence-electron chi connectivity index (χ4n) is 3.49. The van der Waals surface area contributed by atoms with Crippen LogP contribution in [0.2, 0.25) is 0 Å². The molecule has 30 heavy (non-hydrogen) atoms. The van der Waals surface area contributed by atoms with Gasteiger partial charge in [0.05, 0.1) is 33.6 Å². The van der Waals surface area contributed by atoms with Crippen molar-refractivity contribution in [3.63, 3.8) is 0 Å². The molecule has 2 aromatic rings. The molecule has 1 atom stereocenters. The number of nitrogens with zero attached hydrogens (tertiary/aromatic N) is 3. The van der Waals surface area contributed by atoms with Crippen LogP contribution in [0.1, 0.15) is 24.4 Å². The van der Waals surface area contributed by atoms with Crippen molar-refractivity contribution in [1.29, 1.82) is 0 Å². The minimum absolute atomic E-state index is 0.127. The summed E-state index contributed by atoms with van der Waals surface area (Å²) in [5.41, 5.74) is 1.41. The number of piperidine rings is 1. The first-order valence-corrected chi connectivity index (χ1v) is 9.78. The van der Waals surface area contributed by atoms with E-state index in [9.17, 15) is 4.79 Å². The van der Waals surface area contributed by atoms with Crippen LogP contribution in [0.4, 0.5) is 10.5 Å². The van der Waals surface area contributed by atoms with Crippen LogP contribution in [0.3, 0.4) is 0 Å². The number of benzene rings is 1. The number of methoxy groups -OCH3 is 3. The highest BCUT2D eigenvalue weighted by atomic mass is 16.5. The van der Waals surface area contributed by atoms with E-state index in [1.54, 1.807) is 17.0 Å². The molecule has 1 fully saturated rings. The predicted molar refractivity (Wildman–Crippen MR) is 112 cm³/mol. The smallest absolute Gasteiger partial charge is 0.321 e. The maximum absolute atomic E-state index is 12.8. The zero-order valence-electron chi connectivity index (χ0n) is 18.0. The Morgan fingerprint density at radius 2 is 1.77 bits per heavy atom. The van der Waals surface area contributed by atoms with E-state index >= 15 is 0 Å². The summed E-state index contributed by atoms with van der Waals surface area (Å²) in [6.07, 6.45) is 1.57. The summed E-state index contributed by atoms with van der Waals surface area (Å²) < 4.78 is 22.0. The van der Waals surface area contributed by atoms with E-state index in [2.05, 4.69) is 15.3 Å². The summed E-state index contributed by atoms with van der Waals surface area (Å²) in [6.45, 7) is 4.85. The van der Waals surface area contributed by atoms with Gasteiger partial charge in [0.15, 0.2) is 11.5 Å². The summed E-state index contributed by atoms with van der Waals surface area (Å²) >= 11 is 0. The number of carbonyl (C=O) groups excluding carboxylic acids is 1. The third kappa shape index (κ3) is 5.03. The molecule has 0 aliphatic carbocycles. The van der Waals surface area contributed by atoms with Gasteiger partial charge in [-0.3, -0.25) is 0 Å². The van der Waals surface area contributed by atoms with Gasteiger partial charge in [0.25, 0.3) is 0 Å². The molecular weight excluding hydrogens is 388 g/mol. The summed E-state index contributed by atoms with van der Waals surface area (Å²) in [4.78, 5) is 23.2. The maximum Gasteiger partial charge on any atom is 0.321 e. The molecule has 9 nitrogen and oxygen atoms in total. The first-order chi connectivity index (χ1) is 14.4. The molecular formula is C21H28N4O5. The highest BCUT2D eigenvalue weighted by Crippen LogP contribution is 2.40. The number of hydrogen-bond donors (Lipinski definition) is 1. The second kappa shape index (κ2) is 9.51. The molecule has 3 rings (SSSR count). The van der Waals surface area contributed by atoms with Gasteiger partial charge in [0, 0.05) is 30.4 Å². The van der Waals surface area contributed by atoms with E-state index in [4.69, 9.17) is 18.9 Å². The Morgan fingerprint density at radius 3 is 2.37 bits per heavy atom. The van der Waals surface area contributed by atoms with Crippen molar-refractivity contribution in [2.24, 2.45) is 0 Å². The lowest BCUT2D eigenvalue weighted by atomic mass is 10.1. The number of hydrogen-bond acceptors (Lipinski definition) is 7. The van der Waals surface area contributed by atoms with Crippen molar-refractivity contribution in [1.82, 2.24) is 14.9 Å². The lowest BCUT2D eigenvalue weighted by molar-refractivity contribution is 0.102. The summed E-state index contributed by atoms with van der Waals surface area (Å²) in [6, 6.07) is 4.99. The quantitative estimate of drug-likeness (QED) is 0.773. The molecule has 2 heterocycles. The number of urea groups is 1. The Kier molecular flexibility index (Phi) is 6.81. The molecule has 1 aromatic carbocycles. The molecule has 1 aliphatic heterocycles. The van der Waals surface area contributed by atoms with Crippen molar-refractivity contribution in [2.45, 2.75) is 32.8 Å². The van der Waals surface area contributed by atoms with Crippen molar-refractivity contribution < 1.29 is 23.7 Å². The number of anilines is 1. The Hall–Kier alpha value is -3.23. The molecule has 0 radical (unpaired) electrons. The highest BCUT2D eigenvalue weighted by molar-refractivity contribution is 5.90. The molecule has 162 valence electrons. The van der Waals surface area contributed by atoms with Gasteiger partial charge in [-0.25, -0.2) is 9.78 Å². The first kappa shape index (κ1) is 21.5. The van der Waals surface area contributed by atoms with E-state index in [0.717, 1.165) is 18.5 Å². The highest BCUT2D eigenvalue weighted by Gasteiger charge is 2.26. The number of amides is 2. The van der Waals surface area contributed by atoms with Crippen molar-refractivity contribution >= 4 is 11.7 Å². The zero-order chi connectivity index (χ0) is 21.7. The maximum atomic E-state index is 12.8. The predicted octanol–water partition coefficient (Wildman–Crippen LogP) is 3.19. The Morgan fingerprint density at radius 1 is 1.07 bits per heavy atom. The van der Waals surface area contributed by atoms with Gasteiger partial charge in [0.1, 0.15) is 11.9 Å². The van der Waals surface area contributed by atoms with Gasteiger partial charge in [-0.2, -0.15) is 4.98 Å². The molecule has 9 heteroatoms. The van der Waals surface area contributed by atoms with E-state index in [0.29, 0.717) is 47.7 Å². The average molecular weight is 416 g/mol. The molecule has 1 saturated heterocycles. The van der Waals surface area contributed by atoms with Crippen LogP contribution in [-0.2, 0) is 0 Å². The molecule has 1 N–H and O–H groups in total. The number of ether oxygens (including phenoxy) is 4. The summed E-state index contributed by atoms with van der Waals surface area (Å²) in [5, 5.41) is 2.91. The van der Waals surface area contributed by atoms with E-state index in [1.165, 1.54) is 21.3 Å². The molecule has 1 aliphatic rings. The van der Waals surface area contributed by atoms with Gasteiger partial charge in [-0.05, 0) is 26.7 Å². The molecule has 1 aromatic heterocycles. The van der Waals surface area contributed by atoms with Gasteiger partial charge >= 0.3 is 6.03 Å². The number of likely N-dealkylation sites (tertiary alicyclic amines) is 1. The van der Waals surface area contributed by atoms with Crippen LogP contribution in [-0.4, -0.2) is 61.4 Å². The van der Waals surface area contributed by atoms with Crippen LogP contribution in [0.25, 0.3) is 0 Å². The van der Waals surface area contributed by atoms with E-state index < -0.39 is 0 Å². The van der Waals surface area contributed by atoms with E-state index in [1.807, 2.05) is 19.9 Å². The van der Waals surface area contributed by atoms with Gasteiger partial charge in [0.2, 0.25) is 11.6 Å². The van der Waals surface area contributed by atoms with Crippen LogP contribution < -0.4 is 24.3 Å². The fourth-order valence-corrected chi connectivity index (χ4v) is 3.49. The lowest BCUT2D eigenvalue weighted by Crippen LogP contribution is -2.46. The van der Waals surface area contributed by atoms with Crippen LogP contribution in [0.15, 0.2) is 18.2 Å². The normalized spacial score (nSPS) is 16.0. The molecule has 1 unspecified atom stereocenters. The van der Waals surface area contributed by atoms with Gasteiger partial charge in [-0.1, -0.05) is 0 Å². The first-order valence-electron chi connectivity index (χ1n) is 9.78. The van der Waals surface area contributed by atoms with Crippen molar-refractivity contribution in [2.75, 3.05) is 39.7 Å².